The van der Waals surface area contributed by atoms with E-state index >= 15 is 0 Å². The molecule has 0 spiro atoms. The molecule has 2 aromatic carbocycles. The average molecular weight is 285 g/mol. The van der Waals surface area contributed by atoms with E-state index in [1.165, 1.54) is 11.1 Å². The predicted octanol–water partition coefficient (Wildman–Crippen LogP) is 3.58. The van der Waals surface area contributed by atoms with E-state index in [2.05, 4.69) is 36.5 Å². The molecule has 3 heteroatoms. The maximum atomic E-state index is 5.55. The summed E-state index contributed by atoms with van der Waals surface area (Å²) >= 11 is 0. The molecule has 1 unspecified atom stereocenters. The molecule has 0 aliphatic heterocycles. The Morgan fingerprint density at radius 3 is 2.10 bits per heavy atom. The highest BCUT2D eigenvalue weighted by molar-refractivity contribution is 5.51. The molecule has 0 amide bonds. The van der Waals surface area contributed by atoms with Gasteiger partial charge in [-0.3, -0.25) is 0 Å². The van der Waals surface area contributed by atoms with Crippen molar-refractivity contribution in [2.45, 2.75) is 19.4 Å². The lowest BCUT2D eigenvalue weighted by molar-refractivity contribution is 0.378. The van der Waals surface area contributed by atoms with Crippen molar-refractivity contribution < 1.29 is 9.47 Å². The van der Waals surface area contributed by atoms with Crippen molar-refractivity contribution in [1.29, 1.82) is 0 Å². The minimum Gasteiger partial charge on any atom is -0.496 e. The Kier molecular flexibility index (Phi) is 5.23. The standard InChI is InChI=1S/C18H23NO2/c1-5-13-9-6-7-10-14(13)18(19-2)17-15(20-3)11-8-12-16(17)21-4/h6-12,18-19H,5H2,1-4H3. The predicted molar refractivity (Wildman–Crippen MR) is 86.3 cm³/mol. The minimum atomic E-state index is 0.0345. The van der Waals surface area contributed by atoms with Crippen LogP contribution in [-0.4, -0.2) is 21.3 Å². The summed E-state index contributed by atoms with van der Waals surface area (Å²) in [5, 5.41) is 3.40. The van der Waals surface area contributed by atoms with E-state index in [9.17, 15) is 0 Å². The van der Waals surface area contributed by atoms with E-state index in [1.807, 2.05) is 25.2 Å². The smallest absolute Gasteiger partial charge is 0.127 e. The van der Waals surface area contributed by atoms with Gasteiger partial charge in [0.2, 0.25) is 0 Å². The van der Waals surface area contributed by atoms with Gasteiger partial charge in [0.15, 0.2) is 0 Å². The zero-order valence-corrected chi connectivity index (χ0v) is 13.1. The summed E-state index contributed by atoms with van der Waals surface area (Å²) in [5.74, 6) is 1.67. The van der Waals surface area contributed by atoms with E-state index < -0.39 is 0 Å². The van der Waals surface area contributed by atoms with Crippen molar-refractivity contribution >= 4 is 0 Å². The Morgan fingerprint density at radius 1 is 0.952 bits per heavy atom. The van der Waals surface area contributed by atoms with E-state index in [0.29, 0.717) is 0 Å². The summed E-state index contributed by atoms with van der Waals surface area (Å²) in [6.07, 6.45) is 0.992. The number of nitrogens with one attached hydrogen (secondary N) is 1. The van der Waals surface area contributed by atoms with E-state index in [0.717, 1.165) is 23.5 Å². The monoisotopic (exact) mass is 285 g/mol. The number of hydrogen-bond donors (Lipinski definition) is 1. The molecule has 0 aliphatic carbocycles. The van der Waals surface area contributed by atoms with Gasteiger partial charge in [-0.25, -0.2) is 0 Å². The highest BCUT2D eigenvalue weighted by Gasteiger charge is 2.22. The fraction of sp³-hybridized carbons (Fsp3) is 0.333. The Labute approximate surface area is 126 Å². The minimum absolute atomic E-state index is 0.0345. The highest BCUT2D eigenvalue weighted by Crippen LogP contribution is 2.38. The quantitative estimate of drug-likeness (QED) is 0.880. The number of methoxy groups -OCH3 is 2. The normalized spacial score (nSPS) is 12.0. The third kappa shape index (κ3) is 3.03. The van der Waals surface area contributed by atoms with Crippen LogP contribution in [0.25, 0.3) is 0 Å². The highest BCUT2D eigenvalue weighted by atomic mass is 16.5. The van der Waals surface area contributed by atoms with Crippen molar-refractivity contribution in [3.63, 3.8) is 0 Å². The van der Waals surface area contributed by atoms with Crippen LogP contribution in [0.2, 0.25) is 0 Å². The number of hydrogen-bond acceptors (Lipinski definition) is 3. The van der Waals surface area contributed by atoms with Gasteiger partial charge in [0, 0.05) is 0 Å². The zero-order valence-electron chi connectivity index (χ0n) is 13.1. The maximum Gasteiger partial charge on any atom is 0.127 e. The molecular weight excluding hydrogens is 262 g/mol. The summed E-state index contributed by atoms with van der Waals surface area (Å²) in [5.41, 5.74) is 3.61. The summed E-state index contributed by atoms with van der Waals surface area (Å²) in [4.78, 5) is 0. The third-order valence-corrected chi connectivity index (χ3v) is 3.79. The van der Waals surface area contributed by atoms with Crippen LogP contribution in [-0.2, 0) is 6.42 Å². The number of ether oxygens (including phenoxy) is 2. The Bertz CT molecular complexity index is 573. The van der Waals surface area contributed by atoms with Crippen molar-refractivity contribution in [2.24, 2.45) is 0 Å². The molecule has 0 saturated carbocycles. The van der Waals surface area contributed by atoms with Crippen molar-refractivity contribution in [3.05, 3.63) is 59.2 Å². The van der Waals surface area contributed by atoms with Gasteiger partial charge >= 0.3 is 0 Å². The summed E-state index contributed by atoms with van der Waals surface area (Å²) < 4.78 is 11.1. The topological polar surface area (TPSA) is 30.5 Å². The second-order valence-corrected chi connectivity index (χ2v) is 4.85. The molecule has 0 heterocycles. The molecule has 112 valence electrons. The molecule has 1 N–H and O–H groups in total. The van der Waals surface area contributed by atoms with Gasteiger partial charge in [-0.15, -0.1) is 0 Å². The lowest BCUT2D eigenvalue weighted by Crippen LogP contribution is -2.20. The third-order valence-electron chi connectivity index (χ3n) is 3.79. The van der Waals surface area contributed by atoms with E-state index in [1.54, 1.807) is 14.2 Å². The molecule has 3 nitrogen and oxygen atoms in total. The van der Waals surface area contributed by atoms with Crippen LogP contribution in [0.4, 0.5) is 0 Å². The van der Waals surface area contributed by atoms with Crippen LogP contribution in [0, 0.1) is 0 Å². The number of rotatable bonds is 6. The summed E-state index contributed by atoms with van der Waals surface area (Å²) in [6, 6.07) is 14.4. The molecule has 0 aliphatic rings. The molecule has 0 bridgehead atoms. The van der Waals surface area contributed by atoms with Gasteiger partial charge in [0.25, 0.3) is 0 Å². The van der Waals surface area contributed by atoms with Gasteiger partial charge in [0.05, 0.1) is 25.8 Å². The van der Waals surface area contributed by atoms with Crippen molar-refractivity contribution in [2.75, 3.05) is 21.3 Å². The Morgan fingerprint density at radius 2 is 1.57 bits per heavy atom. The largest absolute Gasteiger partial charge is 0.496 e. The lowest BCUT2D eigenvalue weighted by Gasteiger charge is -2.24. The molecule has 21 heavy (non-hydrogen) atoms. The zero-order chi connectivity index (χ0) is 15.2. The van der Waals surface area contributed by atoms with Gasteiger partial charge < -0.3 is 14.8 Å². The molecule has 0 fully saturated rings. The molecular formula is C18H23NO2. The van der Waals surface area contributed by atoms with Gasteiger partial charge in [-0.2, -0.15) is 0 Å². The van der Waals surface area contributed by atoms with E-state index in [4.69, 9.17) is 9.47 Å². The second kappa shape index (κ2) is 7.14. The summed E-state index contributed by atoms with van der Waals surface area (Å²) in [6.45, 7) is 2.17. The Balaban J connectivity index is 2.61. The fourth-order valence-corrected chi connectivity index (χ4v) is 2.76. The van der Waals surface area contributed by atoms with Crippen LogP contribution in [0.5, 0.6) is 11.5 Å². The van der Waals surface area contributed by atoms with Gasteiger partial charge in [-0.05, 0) is 36.7 Å². The molecule has 2 rings (SSSR count). The molecule has 2 aromatic rings. The first-order valence-electron chi connectivity index (χ1n) is 7.22. The SMILES string of the molecule is CCc1ccccc1C(NC)c1c(OC)cccc1OC. The number of aryl methyl sites for hydroxylation is 1. The second-order valence-electron chi connectivity index (χ2n) is 4.85. The van der Waals surface area contributed by atoms with Crippen molar-refractivity contribution in [1.82, 2.24) is 5.32 Å². The van der Waals surface area contributed by atoms with Crippen LogP contribution >= 0.6 is 0 Å². The van der Waals surface area contributed by atoms with Gasteiger partial charge in [0.1, 0.15) is 11.5 Å². The molecule has 1 atom stereocenters. The maximum absolute atomic E-state index is 5.55. The van der Waals surface area contributed by atoms with E-state index in [-0.39, 0.29) is 6.04 Å². The van der Waals surface area contributed by atoms with Gasteiger partial charge in [-0.1, -0.05) is 37.3 Å². The lowest BCUT2D eigenvalue weighted by atomic mass is 9.92. The fourth-order valence-electron chi connectivity index (χ4n) is 2.76. The molecule has 0 saturated heterocycles. The Hall–Kier alpha value is -2.00. The van der Waals surface area contributed by atoms with Crippen molar-refractivity contribution in [3.8, 4) is 11.5 Å². The van der Waals surface area contributed by atoms with Crippen LogP contribution in [0.15, 0.2) is 42.5 Å². The van der Waals surface area contributed by atoms with Crippen LogP contribution < -0.4 is 14.8 Å². The molecule has 0 aromatic heterocycles. The first kappa shape index (κ1) is 15.4. The van der Waals surface area contributed by atoms with Crippen LogP contribution in [0.1, 0.15) is 29.7 Å². The summed E-state index contributed by atoms with van der Waals surface area (Å²) in [7, 11) is 5.34. The van der Waals surface area contributed by atoms with Crippen LogP contribution in [0.3, 0.4) is 0 Å². The first-order valence-corrected chi connectivity index (χ1v) is 7.22. The molecule has 0 radical (unpaired) electrons. The average Bonchev–Trinajstić information content (AvgIpc) is 2.56. The first-order chi connectivity index (χ1) is 10.3. The number of benzene rings is 2.